The van der Waals surface area contributed by atoms with Crippen molar-refractivity contribution in [1.29, 1.82) is 0 Å². The molecule has 5 amide bonds. The number of fused-ring (bicyclic) bond motifs is 1. The lowest BCUT2D eigenvalue weighted by molar-refractivity contribution is -0.135. The zero-order chi connectivity index (χ0) is 39.5. The molecular weight excluding hydrogens is 750 g/mol. The van der Waals surface area contributed by atoms with Gasteiger partial charge in [-0.25, -0.2) is 9.37 Å². The molecule has 0 spiro atoms. The molecule has 0 bridgehead atoms. The Bertz CT molecular complexity index is 2130. The fraction of sp³-hybridized carbons (Fsp3) is 0.381. The Hall–Kier alpha value is -5.67. The minimum atomic E-state index is -0.491. The summed E-state index contributed by atoms with van der Waals surface area (Å²) in [7, 11) is 0. The van der Waals surface area contributed by atoms with E-state index in [1.807, 2.05) is 41.3 Å². The molecule has 4 aromatic rings. The fourth-order valence-corrected chi connectivity index (χ4v) is 8.62. The third-order valence-corrected chi connectivity index (χ3v) is 12.0. The number of hydrogen-bond acceptors (Lipinski definition) is 10. The molecule has 0 aliphatic carbocycles. The molecular formula is C42H44FN7O6S. The molecule has 1 unspecified atom stereocenters. The van der Waals surface area contributed by atoms with Crippen LogP contribution in [0.5, 0.6) is 5.75 Å². The van der Waals surface area contributed by atoms with Gasteiger partial charge in [-0.15, -0.1) is 11.3 Å². The van der Waals surface area contributed by atoms with Crippen molar-refractivity contribution in [3.05, 3.63) is 94.7 Å². The van der Waals surface area contributed by atoms with Gasteiger partial charge in [0.25, 0.3) is 5.91 Å². The number of benzene rings is 3. The van der Waals surface area contributed by atoms with Crippen molar-refractivity contribution < 1.29 is 33.1 Å². The van der Waals surface area contributed by atoms with E-state index in [-0.39, 0.29) is 48.0 Å². The Morgan fingerprint density at radius 1 is 0.895 bits per heavy atom. The van der Waals surface area contributed by atoms with E-state index in [0.29, 0.717) is 54.8 Å². The van der Waals surface area contributed by atoms with Crippen LogP contribution in [0.1, 0.15) is 65.9 Å². The summed E-state index contributed by atoms with van der Waals surface area (Å²) in [6.07, 6.45) is 5.74. The van der Waals surface area contributed by atoms with E-state index in [0.717, 1.165) is 50.0 Å². The number of anilines is 2. The third kappa shape index (κ3) is 8.99. The number of amides is 5. The number of carbonyl (C=O) groups excluding carboxylic acids is 5. The highest BCUT2D eigenvalue weighted by Gasteiger charge is 2.33. The average Bonchev–Trinajstić information content (AvgIpc) is 3.84. The Kier molecular flexibility index (Phi) is 11.3. The molecule has 3 fully saturated rings. The molecule has 1 aromatic heterocycles. The zero-order valence-corrected chi connectivity index (χ0v) is 32.2. The van der Waals surface area contributed by atoms with Crippen LogP contribution < -0.4 is 20.7 Å². The van der Waals surface area contributed by atoms with Crippen molar-refractivity contribution in [2.24, 2.45) is 0 Å². The third-order valence-electron chi connectivity index (χ3n) is 11.3. The number of nitrogens with zero attached hydrogens (tertiary/aromatic N) is 4. The first-order valence-electron chi connectivity index (χ1n) is 19.4. The maximum atomic E-state index is 15.2. The molecule has 8 rings (SSSR count). The van der Waals surface area contributed by atoms with Gasteiger partial charge in [0.15, 0.2) is 5.13 Å². The van der Waals surface area contributed by atoms with Crippen LogP contribution in [0, 0.1) is 5.82 Å². The van der Waals surface area contributed by atoms with Crippen LogP contribution in [-0.2, 0) is 25.7 Å². The second kappa shape index (κ2) is 16.8. The Balaban J connectivity index is 0.763. The monoisotopic (exact) mass is 793 g/mol. The van der Waals surface area contributed by atoms with Crippen LogP contribution in [-0.4, -0.2) is 101 Å². The Labute approximate surface area is 333 Å². The normalized spacial score (nSPS) is 19.3. The lowest BCUT2D eigenvalue weighted by Gasteiger charge is -2.36. The van der Waals surface area contributed by atoms with Gasteiger partial charge < -0.3 is 25.2 Å². The van der Waals surface area contributed by atoms with Gasteiger partial charge in [-0.3, -0.25) is 34.2 Å². The molecule has 0 radical (unpaired) electrons. The summed E-state index contributed by atoms with van der Waals surface area (Å²) in [6.45, 7) is 3.18. The summed E-state index contributed by atoms with van der Waals surface area (Å²) in [4.78, 5) is 71.9. The van der Waals surface area contributed by atoms with Gasteiger partial charge in [0.1, 0.15) is 30.3 Å². The number of aromatic nitrogens is 1. The van der Waals surface area contributed by atoms with Gasteiger partial charge >= 0.3 is 0 Å². The van der Waals surface area contributed by atoms with Gasteiger partial charge in [-0.1, -0.05) is 24.3 Å². The van der Waals surface area contributed by atoms with Crippen LogP contribution >= 0.6 is 11.3 Å². The Morgan fingerprint density at radius 2 is 1.65 bits per heavy atom. The molecule has 3 aromatic carbocycles. The van der Waals surface area contributed by atoms with Crippen LogP contribution in [0.4, 0.5) is 15.2 Å². The molecule has 57 heavy (non-hydrogen) atoms. The van der Waals surface area contributed by atoms with E-state index < -0.39 is 23.7 Å². The first-order chi connectivity index (χ1) is 27.6. The summed E-state index contributed by atoms with van der Waals surface area (Å²) < 4.78 is 21.5. The molecule has 0 saturated carbocycles. The fourth-order valence-electron chi connectivity index (χ4n) is 8.07. The molecule has 5 heterocycles. The van der Waals surface area contributed by atoms with Crippen molar-refractivity contribution >= 4 is 51.7 Å². The number of thiazole rings is 1. The molecule has 13 nitrogen and oxygen atoms in total. The summed E-state index contributed by atoms with van der Waals surface area (Å²) in [5.74, 6) is -0.551. The van der Waals surface area contributed by atoms with E-state index in [9.17, 15) is 24.0 Å². The first kappa shape index (κ1) is 38.2. The zero-order valence-electron chi connectivity index (χ0n) is 31.4. The van der Waals surface area contributed by atoms with Crippen molar-refractivity contribution in [3.63, 3.8) is 0 Å². The highest BCUT2D eigenvalue weighted by Crippen LogP contribution is 2.33. The van der Waals surface area contributed by atoms with Gasteiger partial charge in [0.2, 0.25) is 23.6 Å². The topological polar surface area (TPSA) is 153 Å². The Morgan fingerprint density at radius 3 is 2.35 bits per heavy atom. The van der Waals surface area contributed by atoms with Crippen molar-refractivity contribution in [2.45, 2.75) is 63.1 Å². The predicted molar refractivity (Wildman–Crippen MR) is 212 cm³/mol. The molecule has 3 N–H and O–H groups in total. The maximum Gasteiger partial charge on any atom is 0.255 e. The summed E-state index contributed by atoms with van der Waals surface area (Å²) in [5.41, 5.74) is 3.93. The minimum Gasteiger partial charge on any atom is -0.490 e. The van der Waals surface area contributed by atoms with E-state index in [2.05, 4.69) is 38.0 Å². The number of rotatable bonds is 11. The van der Waals surface area contributed by atoms with E-state index in [1.54, 1.807) is 17.6 Å². The lowest BCUT2D eigenvalue weighted by Crippen LogP contribution is -2.47. The number of piperidine rings is 3. The van der Waals surface area contributed by atoms with Gasteiger partial charge in [0, 0.05) is 60.7 Å². The van der Waals surface area contributed by atoms with E-state index in [1.165, 1.54) is 27.9 Å². The number of ether oxygens (including phenoxy) is 1. The first-order valence-corrected chi connectivity index (χ1v) is 20.3. The van der Waals surface area contributed by atoms with E-state index in [4.69, 9.17) is 4.74 Å². The highest BCUT2D eigenvalue weighted by molar-refractivity contribution is 7.13. The lowest BCUT2D eigenvalue weighted by atomic mass is 9.89. The molecule has 4 aliphatic heterocycles. The van der Waals surface area contributed by atoms with Crippen molar-refractivity contribution in [1.82, 2.24) is 25.0 Å². The van der Waals surface area contributed by atoms with Crippen LogP contribution in [0.25, 0.3) is 11.1 Å². The second-order valence-electron chi connectivity index (χ2n) is 15.1. The van der Waals surface area contributed by atoms with Crippen LogP contribution in [0.2, 0.25) is 0 Å². The number of carbonyl (C=O) groups is 5. The molecule has 3 saturated heterocycles. The smallest absolute Gasteiger partial charge is 0.255 e. The van der Waals surface area contributed by atoms with Crippen LogP contribution in [0.3, 0.4) is 0 Å². The number of likely N-dealkylation sites (tertiary alicyclic amines) is 2. The number of halogens is 1. The average molecular weight is 794 g/mol. The van der Waals surface area contributed by atoms with Crippen molar-refractivity contribution in [3.8, 4) is 16.9 Å². The van der Waals surface area contributed by atoms with Gasteiger partial charge in [-0.2, -0.15) is 0 Å². The van der Waals surface area contributed by atoms with Crippen LogP contribution in [0.15, 0.2) is 72.2 Å². The molecule has 1 atom stereocenters. The number of nitrogens with one attached hydrogen (secondary N) is 3. The highest BCUT2D eigenvalue weighted by atomic mass is 32.1. The largest absolute Gasteiger partial charge is 0.490 e. The summed E-state index contributed by atoms with van der Waals surface area (Å²) >= 11 is 1.28. The van der Waals surface area contributed by atoms with E-state index >= 15 is 4.39 Å². The number of imide groups is 1. The second-order valence-corrected chi connectivity index (χ2v) is 16.0. The molecule has 296 valence electrons. The standard InChI is InChI=1S/C42H44FN7O6S/c43-35-22-29(21-33-34(35)23-50(41(33)55)24-38(52)47-42-44-15-20-57-42)27-3-7-31(8-4-27)56-32-13-18-49(19-14-32)39(53)25-48-16-11-28(12-17-48)26-1-5-30(6-2-26)45-36-9-10-37(51)46-40(36)54/h1-8,15,20-22,28,32,36,45H,9-14,16-19,23-25H2,(H,44,47,52)(H,46,51,54). The molecule has 15 heteroatoms. The molecule has 4 aliphatic rings. The predicted octanol–water partition coefficient (Wildman–Crippen LogP) is 5.01. The van der Waals surface area contributed by atoms with Gasteiger partial charge in [-0.05, 0) is 91.4 Å². The summed E-state index contributed by atoms with van der Waals surface area (Å²) in [6, 6.07) is 18.2. The summed E-state index contributed by atoms with van der Waals surface area (Å²) in [5, 5.41) is 10.4. The minimum absolute atomic E-state index is 0.0223. The quantitative estimate of drug-likeness (QED) is 0.178. The SMILES string of the molecule is O=C1CCC(Nc2ccc(C3CCN(CC(=O)N4CCC(Oc5ccc(-c6cc(F)c7c(c6)C(=O)N(CC(=O)Nc6nccs6)C7)cc5)CC4)CC3)cc2)C(=O)N1. The van der Waals surface area contributed by atoms with Crippen molar-refractivity contribution in [2.75, 3.05) is 49.9 Å². The maximum absolute atomic E-state index is 15.2. The number of hydrogen-bond donors (Lipinski definition) is 3. The van der Waals surface area contributed by atoms with Gasteiger partial charge in [0.05, 0.1) is 13.1 Å².